The van der Waals surface area contributed by atoms with E-state index in [0.717, 1.165) is 37.3 Å². The number of piperidine rings is 1. The van der Waals surface area contributed by atoms with Crippen LogP contribution in [0.4, 0.5) is 0 Å². The maximum atomic E-state index is 13.2. The van der Waals surface area contributed by atoms with Gasteiger partial charge in [-0.2, -0.15) is 4.68 Å². The molecule has 1 aliphatic rings. The third kappa shape index (κ3) is 3.59. The van der Waals surface area contributed by atoms with Gasteiger partial charge >= 0.3 is 0 Å². The van der Waals surface area contributed by atoms with Crippen LogP contribution in [0.3, 0.4) is 0 Å². The lowest BCUT2D eigenvalue weighted by molar-refractivity contribution is -0.129. The Morgan fingerprint density at radius 2 is 1.86 bits per heavy atom. The van der Waals surface area contributed by atoms with E-state index in [4.69, 9.17) is 0 Å². The average molecular weight is 414 g/mol. The van der Waals surface area contributed by atoms with Crippen molar-refractivity contribution in [3.63, 3.8) is 0 Å². The van der Waals surface area contributed by atoms with Crippen LogP contribution in [0.15, 0.2) is 40.3 Å². The molecule has 3 heterocycles. The smallest absolute Gasteiger partial charge is 0.297 e. The molecule has 29 heavy (non-hydrogen) atoms. The van der Waals surface area contributed by atoms with Crippen molar-refractivity contribution in [2.75, 3.05) is 13.1 Å². The van der Waals surface area contributed by atoms with Crippen molar-refractivity contribution in [3.05, 3.63) is 46.4 Å². The highest BCUT2D eigenvalue weighted by Gasteiger charge is 2.26. The molecule has 0 unspecified atom stereocenters. The van der Waals surface area contributed by atoms with Gasteiger partial charge in [-0.15, -0.1) is 5.10 Å². The minimum absolute atomic E-state index is 0.111. The van der Waals surface area contributed by atoms with Gasteiger partial charge in [0.15, 0.2) is 5.69 Å². The molecule has 1 amide bonds. The zero-order valence-electron chi connectivity index (χ0n) is 16.6. The fourth-order valence-electron chi connectivity index (χ4n) is 3.63. The molecule has 1 fully saturated rings. The molecular formula is C19H23N7O2S. The summed E-state index contributed by atoms with van der Waals surface area (Å²) in [5.74, 6) is 0.111. The third-order valence-electron chi connectivity index (χ3n) is 5.34. The number of tetrazole rings is 1. The molecule has 3 aromatic rings. The molecule has 1 saturated heterocycles. The number of benzene rings is 1. The van der Waals surface area contributed by atoms with E-state index in [9.17, 15) is 9.59 Å². The number of hydrogen-bond acceptors (Lipinski definition) is 6. The lowest BCUT2D eigenvalue weighted by Crippen LogP contribution is -2.38. The normalized spacial score (nSPS) is 15.1. The number of hydrogen-bond donors (Lipinski definition) is 0. The highest BCUT2D eigenvalue weighted by Crippen LogP contribution is 2.30. The summed E-state index contributed by atoms with van der Waals surface area (Å²) in [5.41, 5.74) is 1.84. The van der Waals surface area contributed by atoms with Crippen molar-refractivity contribution in [1.29, 1.82) is 0 Å². The molecule has 0 aliphatic carbocycles. The largest absolute Gasteiger partial charge is 0.343 e. The van der Waals surface area contributed by atoms with E-state index in [2.05, 4.69) is 15.5 Å². The second-order valence-electron chi connectivity index (χ2n) is 7.11. The van der Waals surface area contributed by atoms with E-state index in [1.165, 1.54) is 0 Å². The first-order chi connectivity index (χ1) is 14.0. The molecule has 10 heteroatoms. The summed E-state index contributed by atoms with van der Waals surface area (Å²) in [5, 5.41) is 13.0. The number of nitrogens with zero attached hydrogens (tertiary/aromatic N) is 7. The summed E-state index contributed by atoms with van der Waals surface area (Å²) in [6.07, 6.45) is 1.75. The van der Waals surface area contributed by atoms with Gasteiger partial charge in [-0.25, -0.2) is 4.68 Å². The average Bonchev–Trinajstić information content (AvgIpc) is 3.25. The zero-order valence-corrected chi connectivity index (χ0v) is 17.5. The lowest BCUT2D eigenvalue weighted by Gasteiger charge is -2.30. The molecule has 0 radical (unpaired) electrons. The molecule has 0 N–H and O–H groups in total. The Bertz CT molecular complexity index is 1080. The Hall–Kier alpha value is -2.88. The van der Waals surface area contributed by atoms with Gasteiger partial charge in [0.1, 0.15) is 0 Å². The summed E-state index contributed by atoms with van der Waals surface area (Å²) in [7, 11) is 1.85. The van der Waals surface area contributed by atoms with E-state index in [1.807, 2.05) is 53.9 Å². The molecule has 152 valence electrons. The minimum atomic E-state index is -0.170. The van der Waals surface area contributed by atoms with E-state index < -0.39 is 0 Å². The lowest BCUT2D eigenvalue weighted by atomic mass is 10.1. The number of carbonyl (C=O) groups excluding carboxylic acids is 1. The van der Waals surface area contributed by atoms with Gasteiger partial charge < -0.3 is 4.90 Å². The fourth-order valence-corrected chi connectivity index (χ4v) is 4.68. The van der Waals surface area contributed by atoms with Gasteiger partial charge in [-0.05, 0) is 42.3 Å². The van der Waals surface area contributed by atoms with Crippen molar-refractivity contribution in [2.24, 2.45) is 7.05 Å². The number of rotatable bonds is 4. The summed E-state index contributed by atoms with van der Waals surface area (Å²) in [6.45, 7) is 4.96. The monoisotopic (exact) mass is 413 g/mol. The summed E-state index contributed by atoms with van der Waals surface area (Å²) < 4.78 is 4.97. The van der Waals surface area contributed by atoms with Gasteiger partial charge in [0.25, 0.3) is 5.56 Å². The zero-order chi connectivity index (χ0) is 20.5. The highest BCUT2D eigenvalue weighted by atomic mass is 32.2. The summed E-state index contributed by atoms with van der Waals surface area (Å²) >= 11 is 1.57. The number of thioether (sulfide) groups is 1. The van der Waals surface area contributed by atoms with Crippen molar-refractivity contribution < 1.29 is 4.79 Å². The predicted molar refractivity (Wildman–Crippen MR) is 110 cm³/mol. The van der Waals surface area contributed by atoms with Crippen LogP contribution >= 0.6 is 11.8 Å². The van der Waals surface area contributed by atoms with E-state index in [0.29, 0.717) is 16.1 Å². The first-order valence-corrected chi connectivity index (χ1v) is 10.4. The van der Waals surface area contributed by atoms with Gasteiger partial charge in [0.2, 0.25) is 11.1 Å². The van der Waals surface area contributed by atoms with Crippen LogP contribution < -0.4 is 5.56 Å². The van der Waals surface area contributed by atoms with Gasteiger partial charge in [0, 0.05) is 32.3 Å². The third-order valence-corrected chi connectivity index (χ3v) is 6.61. The van der Waals surface area contributed by atoms with Crippen LogP contribution in [0.2, 0.25) is 0 Å². The van der Waals surface area contributed by atoms with Crippen LogP contribution in [0.5, 0.6) is 0 Å². The molecular weight excluding hydrogens is 390 g/mol. The maximum absolute atomic E-state index is 13.2. The molecule has 0 bridgehead atoms. The fraction of sp³-hybridized carbons (Fsp3) is 0.421. The van der Waals surface area contributed by atoms with Crippen LogP contribution in [0.1, 0.15) is 25.5 Å². The number of likely N-dealkylation sites (tertiary alicyclic amines) is 1. The molecule has 0 atom stereocenters. The van der Waals surface area contributed by atoms with Crippen molar-refractivity contribution in [3.8, 4) is 11.4 Å². The predicted octanol–water partition coefficient (Wildman–Crippen LogP) is 1.56. The Morgan fingerprint density at radius 1 is 1.17 bits per heavy atom. The SMILES string of the molecule is CC(=O)N1CCC(Sc2nnnn2-c2c(C)n(C)n(-c3ccccc3)c2=O)CC1. The molecule has 1 aliphatic heterocycles. The topological polar surface area (TPSA) is 90.8 Å². The molecule has 4 rings (SSSR count). The van der Waals surface area contributed by atoms with Gasteiger partial charge in [-0.3, -0.25) is 14.3 Å². The second kappa shape index (κ2) is 7.86. The van der Waals surface area contributed by atoms with Crippen LogP contribution in [-0.2, 0) is 11.8 Å². The number of aromatic nitrogens is 6. The Labute approximate surface area is 172 Å². The Kier molecular flexibility index (Phi) is 5.27. The standard InChI is InChI=1S/C19H23N7O2S/c1-13-17(18(28)26(23(13)3)15-7-5-4-6-8-15)25-19(20-21-22-25)29-16-9-11-24(12-10-16)14(2)27/h4-8,16H,9-12H2,1-3H3. The number of amides is 1. The maximum Gasteiger partial charge on any atom is 0.297 e. The molecule has 9 nitrogen and oxygen atoms in total. The van der Waals surface area contributed by atoms with E-state index >= 15 is 0 Å². The highest BCUT2D eigenvalue weighted by molar-refractivity contribution is 7.99. The van der Waals surface area contributed by atoms with Crippen LogP contribution in [0.25, 0.3) is 11.4 Å². The molecule has 0 saturated carbocycles. The second-order valence-corrected chi connectivity index (χ2v) is 8.37. The van der Waals surface area contributed by atoms with Crippen LogP contribution in [0, 0.1) is 6.92 Å². The minimum Gasteiger partial charge on any atom is -0.343 e. The first kappa shape index (κ1) is 19.4. The van der Waals surface area contributed by atoms with E-state index in [-0.39, 0.29) is 11.5 Å². The molecule has 1 aromatic carbocycles. The van der Waals surface area contributed by atoms with Gasteiger partial charge in [0.05, 0.1) is 11.4 Å². The number of para-hydroxylation sites is 1. The first-order valence-electron chi connectivity index (χ1n) is 9.52. The van der Waals surface area contributed by atoms with Crippen LogP contribution in [-0.4, -0.2) is 58.7 Å². The molecule has 0 spiro atoms. The quantitative estimate of drug-likeness (QED) is 0.645. The summed E-state index contributed by atoms with van der Waals surface area (Å²) in [6, 6.07) is 9.50. The molecule has 2 aromatic heterocycles. The summed E-state index contributed by atoms with van der Waals surface area (Å²) in [4.78, 5) is 26.6. The van der Waals surface area contributed by atoms with Crippen molar-refractivity contribution in [1.82, 2.24) is 34.5 Å². The van der Waals surface area contributed by atoms with Gasteiger partial charge in [-0.1, -0.05) is 30.0 Å². The van der Waals surface area contributed by atoms with Crippen molar-refractivity contribution in [2.45, 2.75) is 37.1 Å². The Balaban J connectivity index is 1.64. The van der Waals surface area contributed by atoms with Crippen molar-refractivity contribution >= 4 is 17.7 Å². The number of carbonyl (C=O) groups is 1. The Morgan fingerprint density at radius 3 is 2.52 bits per heavy atom. The van der Waals surface area contributed by atoms with E-state index in [1.54, 1.807) is 28.0 Å².